The van der Waals surface area contributed by atoms with E-state index in [2.05, 4.69) is 34.7 Å². The molecule has 19 heavy (non-hydrogen) atoms. The van der Waals surface area contributed by atoms with E-state index in [0.29, 0.717) is 11.7 Å². The lowest BCUT2D eigenvalue weighted by Gasteiger charge is -2.03. The van der Waals surface area contributed by atoms with Crippen molar-refractivity contribution in [3.8, 4) is 0 Å². The minimum atomic E-state index is 0.0868. The standard InChI is InChI=1S/C12H20N4OS2/c1-8(2)5-14-11-15-16-12(19-11)18-7-10(17)13-6-9-3-4-9/h8-9H,3-7H2,1-2H3,(H,13,17)(H,14,15). The first kappa shape index (κ1) is 14.6. The summed E-state index contributed by atoms with van der Waals surface area (Å²) in [7, 11) is 0. The molecule has 1 saturated carbocycles. The maximum absolute atomic E-state index is 11.6. The molecule has 0 saturated heterocycles. The van der Waals surface area contributed by atoms with Crippen molar-refractivity contribution < 1.29 is 4.79 Å². The summed E-state index contributed by atoms with van der Waals surface area (Å²) >= 11 is 2.95. The zero-order valence-corrected chi connectivity index (χ0v) is 12.9. The SMILES string of the molecule is CC(C)CNc1nnc(SCC(=O)NCC2CC2)s1. The van der Waals surface area contributed by atoms with Gasteiger partial charge in [-0.3, -0.25) is 4.79 Å². The van der Waals surface area contributed by atoms with E-state index in [1.54, 1.807) is 0 Å². The Bertz CT molecular complexity index is 418. The van der Waals surface area contributed by atoms with Gasteiger partial charge in [-0.1, -0.05) is 36.9 Å². The molecule has 2 N–H and O–H groups in total. The molecule has 1 aromatic rings. The van der Waals surface area contributed by atoms with E-state index in [1.165, 1.54) is 35.9 Å². The van der Waals surface area contributed by atoms with Crippen LogP contribution >= 0.6 is 23.1 Å². The van der Waals surface area contributed by atoms with Gasteiger partial charge in [-0.15, -0.1) is 10.2 Å². The number of nitrogens with one attached hydrogen (secondary N) is 2. The van der Waals surface area contributed by atoms with Crippen molar-refractivity contribution in [1.82, 2.24) is 15.5 Å². The molecule has 0 bridgehead atoms. The van der Waals surface area contributed by atoms with E-state index in [4.69, 9.17) is 0 Å². The molecular formula is C12H20N4OS2. The van der Waals surface area contributed by atoms with E-state index < -0.39 is 0 Å². The van der Waals surface area contributed by atoms with Crippen molar-refractivity contribution in [1.29, 1.82) is 0 Å². The zero-order valence-electron chi connectivity index (χ0n) is 11.3. The lowest BCUT2D eigenvalue weighted by Crippen LogP contribution is -2.27. The largest absolute Gasteiger partial charge is 0.360 e. The van der Waals surface area contributed by atoms with E-state index in [1.807, 2.05) is 0 Å². The summed E-state index contributed by atoms with van der Waals surface area (Å²) in [4.78, 5) is 11.6. The number of rotatable bonds is 8. The molecule has 1 heterocycles. The predicted molar refractivity (Wildman–Crippen MR) is 79.7 cm³/mol. The molecule has 5 nitrogen and oxygen atoms in total. The van der Waals surface area contributed by atoms with E-state index >= 15 is 0 Å². The fraction of sp³-hybridized carbons (Fsp3) is 0.750. The highest BCUT2D eigenvalue weighted by Gasteiger charge is 2.21. The number of amides is 1. The predicted octanol–water partition coefficient (Wildman–Crippen LogP) is 2.22. The highest BCUT2D eigenvalue weighted by atomic mass is 32.2. The molecule has 106 valence electrons. The second-order valence-corrected chi connectivity index (χ2v) is 7.38. The molecule has 0 unspecified atom stereocenters. The fourth-order valence-corrected chi connectivity index (χ4v) is 2.98. The Kier molecular flexibility index (Phi) is 5.45. The molecule has 0 aliphatic heterocycles. The normalized spacial score (nSPS) is 14.7. The topological polar surface area (TPSA) is 66.9 Å². The van der Waals surface area contributed by atoms with Crippen LogP contribution in [0.5, 0.6) is 0 Å². The molecule has 7 heteroatoms. The summed E-state index contributed by atoms with van der Waals surface area (Å²) in [6, 6.07) is 0. The third-order valence-electron chi connectivity index (χ3n) is 2.68. The van der Waals surface area contributed by atoms with Gasteiger partial charge in [0.15, 0.2) is 4.34 Å². The summed E-state index contributed by atoms with van der Waals surface area (Å²) in [6.07, 6.45) is 2.52. The van der Waals surface area contributed by atoms with Crippen LogP contribution < -0.4 is 10.6 Å². The van der Waals surface area contributed by atoms with Gasteiger partial charge in [0.05, 0.1) is 5.75 Å². The third-order valence-corrected chi connectivity index (χ3v) is 4.69. The van der Waals surface area contributed by atoms with Crippen molar-refractivity contribution in [2.24, 2.45) is 11.8 Å². The van der Waals surface area contributed by atoms with Crippen molar-refractivity contribution in [2.45, 2.75) is 31.0 Å². The molecule has 1 aromatic heterocycles. The number of carbonyl (C=O) groups excluding carboxylic acids is 1. The Balaban J connectivity index is 1.65. The number of aromatic nitrogens is 2. The van der Waals surface area contributed by atoms with Crippen molar-refractivity contribution in [3.05, 3.63) is 0 Å². The second-order valence-electron chi connectivity index (χ2n) is 5.18. The highest BCUT2D eigenvalue weighted by Crippen LogP contribution is 2.28. The number of anilines is 1. The smallest absolute Gasteiger partial charge is 0.230 e. The van der Waals surface area contributed by atoms with Crippen LogP contribution in [0.4, 0.5) is 5.13 Å². The molecule has 1 aliphatic carbocycles. The van der Waals surface area contributed by atoms with Gasteiger partial charge in [0.25, 0.3) is 0 Å². The Morgan fingerprint density at radius 3 is 2.95 bits per heavy atom. The Morgan fingerprint density at radius 1 is 1.47 bits per heavy atom. The van der Waals surface area contributed by atoms with Crippen LogP contribution in [-0.4, -0.2) is 34.9 Å². The Hall–Kier alpha value is -0.820. The number of hydrogen-bond donors (Lipinski definition) is 2. The summed E-state index contributed by atoms with van der Waals surface area (Å²) in [5, 5.41) is 15.1. The van der Waals surface area contributed by atoms with Gasteiger partial charge < -0.3 is 10.6 Å². The van der Waals surface area contributed by atoms with Crippen LogP contribution in [0.3, 0.4) is 0 Å². The van der Waals surface area contributed by atoms with Crippen LogP contribution in [0.25, 0.3) is 0 Å². The van der Waals surface area contributed by atoms with Gasteiger partial charge >= 0.3 is 0 Å². The van der Waals surface area contributed by atoms with Crippen LogP contribution in [-0.2, 0) is 4.79 Å². The van der Waals surface area contributed by atoms with Gasteiger partial charge in [-0.05, 0) is 24.7 Å². The summed E-state index contributed by atoms with van der Waals surface area (Å²) in [6.45, 7) is 6.01. The number of hydrogen-bond acceptors (Lipinski definition) is 6. The van der Waals surface area contributed by atoms with E-state index in [0.717, 1.165) is 28.5 Å². The minimum absolute atomic E-state index is 0.0868. The summed E-state index contributed by atoms with van der Waals surface area (Å²) < 4.78 is 0.841. The Labute approximate surface area is 122 Å². The minimum Gasteiger partial charge on any atom is -0.360 e. The molecule has 0 radical (unpaired) electrons. The lowest BCUT2D eigenvalue weighted by molar-refractivity contribution is -0.118. The average molecular weight is 300 g/mol. The lowest BCUT2D eigenvalue weighted by atomic mass is 10.2. The summed E-state index contributed by atoms with van der Waals surface area (Å²) in [5.74, 6) is 1.81. The third kappa shape index (κ3) is 5.78. The van der Waals surface area contributed by atoms with Crippen molar-refractivity contribution >= 4 is 34.1 Å². The molecular weight excluding hydrogens is 280 g/mol. The molecule has 1 aliphatic rings. The number of nitrogens with zero attached hydrogens (tertiary/aromatic N) is 2. The van der Waals surface area contributed by atoms with Gasteiger partial charge in [-0.25, -0.2) is 0 Å². The second kappa shape index (κ2) is 7.09. The molecule has 2 rings (SSSR count). The molecule has 1 amide bonds. The van der Waals surface area contributed by atoms with Crippen molar-refractivity contribution in [2.75, 3.05) is 24.2 Å². The maximum Gasteiger partial charge on any atom is 0.230 e. The van der Waals surface area contributed by atoms with Gasteiger partial charge in [0.1, 0.15) is 0 Å². The fourth-order valence-electron chi connectivity index (χ4n) is 1.39. The monoisotopic (exact) mass is 300 g/mol. The quantitative estimate of drug-likeness (QED) is 0.721. The first-order valence-corrected chi connectivity index (χ1v) is 8.40. The number of carbonyl (C=O) groups is 1. The highest BCUT2D eigenvalue weighted by molar-refractivity contribution is 8.01. The Morgan fingerprint density at radius 2 is 2.26 bits per heavy atom. The molecule has 1 fully saturated rings. The van der Waals surface area contributed by atoms with E-state index in [-0.39, 0.29) is 5.91 Å². The molecule has 0 atom stereocenters. The zero-order chi connectivity index (χ0) is 13.7. The van der Waals surface area contributed by atoms with Crippen LogP contribution in [0.2, 0.25) is 0 Å². The number of thioether (sulfide) groups is 1. The van der Waals surface area contributed by atoms with Crippen LogP contribution in [0.15, 0.2) is 4.34 Å². The van der Waals surface area contributed by atoms with Gasteiger partial charge in [0, 0.05) is 13.1 Å². The van der Waals surface area contributed by atoms with Crippen LogP contribution in [0.1, 0.15) is 26.7 Å². The molecule has 0 aromatic carbocycles. The molecule has 0 spiro atoms. The van der Waals surface area contributed by atoms with Gasteiger partial charge in [0.2, 0.25) is 11.0 Å². The summed E-state index contributed by atoms with van der Waals surface area (Å²) in [5.41, 5.74) is 0. The first-order valence-electron chi connectivity index (χ1n) is 6.60. The van der Waals surface area contributed by atoms with Gasteiger partial charge in [-0.2, -0.15) is 0 Å². The first-order chi connectivity index (χ1) is 9.13. The van der Waals surface area contributed by atoms with Crippen molar-refractivity contribution in [3.63, 3.8) is 0 Å². The van der Waals surface area contributed by atoms with Crippen LogP contribution in [0, 0.1) is 11.8 Å². The average Bonchev–Trinajstić information content (AvgIpc) is 3.09. The van der Waals surface area contributed by atoms with E-state index in [9.17, 15) is 4.79 Å². The maximum atomic E-state index is 11.6.